The first-order valence-electron chi connectivity index (χ1n) is 9.14. The van der Waals surface area contributed by atoms with Crippen LogP contribution >= 0.6 is 22.9 Å². The number of sulfonamides is 1. The molecule has 8 nitrogen and oxygen atoms in total. The first-order valence-corrected chi connectivity index (χ1v) is 11.9. The number of aliphatic hydroxyl groups is 1. The average molecular weight is 484 g/mol. The van der Waals surface area contributed by atoms with E-state index in [2.05, 4.69) is 20.4 Å². The molecule has 0 spiro atoms. The lowest BCUT2D eigenvalue weighted by molar-refractivity contribution is 0.281. The minimum Gasteiger partial charge on any atom is -0.395 e. The van der Waals surface area contributed by atoms with Crippen LogP contribution in [0.5, 0.6) is 0 Å². The van der Waals surface area contributed by atoms with Crippen LogP contribution < -0.4 is 20.5 Å². The summed E-state index contributed by atoms with van der Waals surface area (Å²) in [5.41, 5.74) is -0.556. The van der Waals surface area contributed by atoms with Gasteiger partial charge in [-0.05, 0) is 18.6 Å². The van der Waals surface area contributed by atoms with Crippen molar-refractivity contribution in [1.82, 2.24) is 20.4 Å². The Kier molecular flexibility index (Phi) is 10.3. The van der Waals surface area contributed by atoms with E-state index in [1.54, 1.807) is 6.07 Å². The van der Waals surface area contributed by atoms with Gasteiger partial charge in [0.1, 0.15) is 0 Å². The number of rotatable bonds is 14. The number of thiazole rings is 1. The molecule has 0 aliphatic rings. The average Bonchev–Trinajstić information content (AvgIpc) is 3.16. The molecular weight excluding hydrogens is 460 g/mol. The Morgan fingerprint density at radius 3 is 2.57 bits per heavy atom. The Bertz CT molecular complexity index is 860. The van der Waals surface area contributed by atoms with Crippen molar-refractivity contribution in [3.05, 3.63) is 41.7 Å². The van der Waals surface area contributed by atoms with Gasteiger partial charge in [0.2, 0.25) is 5.13 Å². The van der Waals surface area contributed by atoms with E-state index in [4.69, 9.17) is 16.7 Å². The molecule has 4 N–H and O–H groups in total. The van der Waals surface area contributed by atoms with E-state index in [1.165, 1.54) is 24.3 Å². The summed E-state index contributed by atoms with van der Waals surface area (Å²) >= 11 is 6.66. The number of nitrogens with one attached hydrogen (secondary N) is 3. The quantitative estimate of drug-likeness (QED) is 0.140. The highest BCUT2D eigenvalue weighted by molar-refractivity contribution is 7.89. The van der Waals surface area contributed by atoms with Gasteiger partial charge >= 0.3 is 0 Å². The summed E-state index contributed by atoms with van der Waals surface area (Å²) < 4.78 is 53.6. The summed E-state index contributed by atoms with van der Waals surface area (Å²) in [5.74, 6) is 0. The summed E-state index contributed by atoms with van der Waals surface area (Å²) in [4.78, 5) is 5.83. The molecule has 0 amide bonds. The van der Waals surface area contributed by atoms with E-state index in [0.29, 0.717) is 36.0 Å². The molecule has 2 rings (SSSR count). The third kappa shape index (κ3) is 8.02. The molecule has 13 heteroatoms. The van der Waals surface area contributed by atoms with Gasteiger partial charge in [0.05, 0.1) is 23.2 Å². The predicted molar refractivity (Wildman–Crippen MR) is 113 cm³/mol. The number of aliphatic hydroxyl groups excluding tert-OH is 1. The first-order chi connectivity index (χ1) is 14.3. The fraction of sp³-hybridized carbons (Fsp3) is 0.471. The van der Waals surface area contributed by atoms with Crippen molar-refractivity contribution in [1.29, 1.82) is 0 Å². The lowest BCUT2D eigenvalue weighted by atomic mass is 10.3. The number of hydrazine groups is 1. The largest absolute Gasteiger partial charge is 0.395 e. The van der Waals surface area contributed by atoms with E-state index in [-0.39, 0.29) is 29.5 Å². The van der Waals surface area contributed by atoms with E-state index >= 15 is 0 Å². The molecule has 0 saturated heterocycles. The van der Waals surface area contributed by atoms with Crippen LogP contribution in [-0.2, 0) is 10.0 Å². The molecule has 2 aromatic rings. The van der Waals surface area contributed by atoms with Crippen LogP contribution in [-0.4, -0.2) is 56.5 Å². The van der Waals surface area contributed by atoms with Crippen LogP contribution in [0.1, 0.15) is 12.8 Å². The lowest BCUT2D eigenvalue weighted by Crippen LogP contribution is -2.47. The Labute approximate surface area is 183 Å². The molecule has 0 fully saturated rings. The van der Waals surface area contributed by atoms with Crippen molar-refractivity contribution >= 4 is 38.1 Å². The molecule has 30 heavy (non-hydrogen) atoms. The SMILES string of the molecule is O=S(=O)(NN(c1ncc(F)s1)C(F)CCC(Cl)NCCNCCO)c1ccccc1. The second-order valence-electron chi connectivity index (χ2n) is 6.13. The summed E-state index contributed by atoms with van der Waals surface area (Å²) in [6.45, 7) is 1.57. The highest BCUT2D eigenvalue weighted by atomic mass is 35.5. The van der Waals surface area contributed by atoms with E-state index in [9.17, 15) is 17.2 Å². The summed E-state index contributed by atoms with van der Waals surface area (Å²) in [7, 11) is -4.10. The molecule has 2 atom stereocenters. The predicted octanol–water partition coefficient (Wildman–Crippen LogP) is 1.79. The van der Waals surface area contributed by atoms with E-state index in [0.717, 1.165) is 6.20 Å². The van der Waals surface area contributed by atoms with Gasteiger partial charge in [0, 0.05) is 26.1 Å². The number of alkyl halides is 2. The molecule has 0 aliphatic carbocycles. The van der Waals surface area contributed by atoms with Crippen LogP contribution in [0, 0.1) is 5.13 Å². The number of hydrogen-bond acceptors (Lipinski definition) is 8. The normalized spacial score (nSPS) is 13.9. The number of anilines is 1. The van der Waals surface area contributed by atoms with Crippen LogP contribution in [0.4, 0.5) is 13.9 Å². The zero-order chi connectivity index (χ0) is 22.0. The highest BCUT2D eigenvalue weighted by Gasteiger charge is 2.28. The zero-order valence-electron chi connectivity index (χ0n) is 16.0. The topological polar surface area (TPSA) is 107 Å². The standard InChI is InChI=1S/C17H24ClF2N5O3S2/c18-14(22-9-8-21-10-11-26)6-7-15(19)25(17-23-12-16(20)29-17)24-30(27,28)13-4-2-1-3-5-13/h1-5,12,14-15,21-22,24,26H,6-11H2. The Morgan fingerprint density at radius 2 is 1.93 bits per heavy atom. The van der Waals surface area contributed by atoms with E-state index in [1.807, 2.05) is 0 Å². The molecule has 1 aromatic carbocycles. The van der Waals surface area contributed by atoms with Crippen molar-refractivity contribution in [2.24, 2.45) is 0 Å². The van der Waals surface area contributed by atoms with Crippen LogP contribution in [0.3, 0.4) is 0 Å². The van der Waals surface area contributed by atoms with Gasteiger partial charge in [-0.25, -0.2) is 22.8 Å². The molecule has 1 aromatic heterocycles. The fourth-order valence-electron chi connectivity index (χ4n) is 2.39. The maximum absolute atomic E-state index is 15.0. The molecular formula is C17H24ClF2N5O3S2. The smallest absolute Gasteiger partial charge is 0.257 e. The van der Waals surface area contributed by atoms with Gasteiger partial charge < -0.3 is 15.7 Å². The fourth-order valence-corrected chi connectivity index (χ4v) is 4.41. The van der Waals surface area contributed by atoms with Crippen molar-refractivity contribution in [2.75, 3.05) is 31.3 Å². The third-order valence-electron chi connectivity index (χ3n) is 3.84. The van der Waals surface area contributed by atoms with Crippen LogP contribution in [0.15, 0.2) is 41.4 Å². The second kappa shape index (κ2) is 12.4. The summed E-state index contributed by atoms with van der Waals surface area (Å²) in [5, 5.41) is 14.5. The number of nitrogens with zero attached hydrogens (tertiary/aromatic N) is 2. The van der Waals surface area contributed by atoms with Crippen molar-refractivity contribution in [2.45, 2.75) is 29.5 Å². The van der Waals surface area contributed by atoms with Gasteiger partial charge in [0.25, 0.3) is 10.0 Å². The van der Waals surface area contributed by atoms with Crippen molar-refractivity contribution in [3.63, 3.8) is 0 Å². The summed E-state index contributed by atoms with van der Waals surface area (Å²) in [6.07, 6.45) is -0.893. The number of hydrogen-bond donors (Lipinski definition) is 4. The van der Waals surface area contributed by atoms with Crippen LogP contribution in [0.25, 0.3) is 0 Å². The minimum atomic E-state index is -4.10. The third-order valence-corrected chi connectivity index (χ3v) is 6.33. The second-order valence-corrected chi connectivity index (χ2v) is 9.28. The summed E-state index contributed by atoms with van der Waals surface area (Å²) in [6, 6.07) is 7.44. The van der Waals surface area contributed by atoms with Gasteiger partial charge in [-0.2, -0.15) is 4.39 Å². The maximum atomic E-state index is 15.0. The molecule has 1 heterocycles. The minimum absolute atomic E-state index is 0.0277. The Morgan fingerprint density at radius 1 is 1.20 bits per heavy atom. The Hall–Kier alpha value is -1.41. The van der Waals surface area contributed by atoms with Gasteiger partial charge in [-0.15, -0.1) is 16.4 Å². The number of halogens is 3. The molecule has 2 unspecified atom stereocenters. The van der Waals surface area contributed by atoms with Crippen molar-refractivity contribution in [3.8, 4) is 0 Å². The number of aromatic nitrogens is 1. The van der Waals surface area contributed by atoms with E-state index < -0.39 is 27.0 Å². The number of benzene rings is 1. The van der Waals surface area contributed by atoms with Gasteiger partial charge in [-0.3, -0.25) is 0 Å². The van der Waals surface area contributed by atoms with Gasteiger partial charge in [-0.1, -0.05) is 29.5 Å². The molecule has 0 aliphatic heterocycles. The molecule has 0 saturated carbocycles. The molecule has 0 radical (unpaired) electrons. The zero-order valence-corrected chi connectivity index (χ0v) is 18.4. The van der Waals surface area contributed by atoms with Crippen molar-refractivity contribution < 1.29 is 22.3 Å². The lowest BCUT2D eigenvalue weighted by Gasteiger charge is -2.26. The highest BCUT2D eigenvalue weighted by Crippen LogP contribution is 2.25. The first kappa shape index (κ1) is 24.9. The monoisotopic (exact) mass is 483 g/mol. The Balaban J connectivity index is 1.99. The maximum Gasteiger partial charge on any atom is 0.257 e. The molecule has 168 valence electrons. The van der Waals surface area contributed by atoms with Gasteiger partial charge in [0.15, 0.2) is 11.4 Å². The van der Waals surface area contributed by atoms with Crippen LogP contribution in [0.2, 0.25) is 0 Å². The molecule has 0 bridgehead atoms.